The number of anilines is 1. The minimum atomic E-state index is -1.47. The van der Waals surface area contributed by atoms with Gasteiger partial charge in [-0.05, 0) is 17.7 Å². The molecule has 0 radical (unpaired) electrons. The smallest absolute Gasteiger partial charge is 0.352 e. The number of carbonyl (C=O) groups is 4. The molecule has 4 rings (SSSR count). The second kappa shape index (κ2) is 12.0. The summed E-state index contributed by atoms with van der Waals surface area (Å²) in [6.07, 6.45) is 2.47. The Morgan fingerprint density at radius 1 is 1.24 bits per heavy atom. The number of carbonyl (C=O) groups excluding carboxylic acids is 2. The van der Waals surface area contributed by atoms with Crippen molar-refractivity contribution < 1.29 is 44.1 Å². The third-order valence-electron chi connectivity index (χ3n) is 5.70. The maximum atomic E-state index is 13.0. The van der Waals surface area contributed by atoms with Crippen LogP contribution in [0.25, 0.3) is 6.08 Å². The van der Waals surface area contributed by atoms with Crippen molar-refractivity contribution in [1.29, 1.82) is 0 Å². The number of aromatic nitrogens is 1. The average molecular weight is 620 g/mol. The van der Waals surface area contributed by atoms with Gasteiger partial charge in [-0.3, -0.25) is 34.7 Å². The van der Waals surface area contributed by atoms with Crippen molar-refractivity contribution in [2.24, 2.45) is 5.16 Å². The van der Waals surface area contributed by atoms with Gasteiger partial charge in [0.1, 0.15) is 22.8 Å². The normalized spacial score (nSPS) is 18.3. The minimum absolute atomic E-state index is 0.0189. The number of amides is 2. The standard InChI is InChI=1S/C22H17N7O11S2/c23-22-24-12(8-42-22)15(26-40-6-14(30)31)18(32)25-16-19(33)27-17(21(34)35)10(7-41-20(16)27)2-1-9-3-4-11(28(36)37)5-13(9)29(38)39/h1-5,8,16,20H,6-7H2,(H2,23,24)(H,25,32)(H,30,31)(H,34,35)/b2-1-,26-15-. The topological polar surface area (TPSA) is 271 Å². The first-order valence-corrected chi connectivity index (χ1v) is 13.3. The fourth-order valence-corrected chi connectivity index (χ4v) is 5.73. The van der Waals surface area contributed by atoms with E-state index < -0.39 is 74.4 Å². The molecule has 3 heterocycles. The van der Waals surface area contributed by atoms with Crippen molar-refractivity contribution in [3.63, 3.8) is 0 Å². The van der Waals surface area contributed by atoms with E-state index in [4.69, 9.17) is 10.8 Å². The summed E-state index contributed by atoms with van der Waals surface area (Å²) >= 11 is 2.06. The Balaban J connectivity index is 1.57. The number of hydrogen-bond acceptors (Lipinski definition) is 14. The lowest BCUT2D eigenvalue weighted by Crippen LogP contribution is -2.71. The number of nitrogens with two attached hydrogens (primary N) is 1. The van der Waals surface area contributed by atoms with E-state index in [1.54, 1.807) is 0 Å². The number of fused-ring (bicyclic) bond motifs is 1. The molecule has 2 aliphatic heterocycles. The number of nitro groups is 2. The summed E-state index contributed by atoms with van der Waals surface area (Å²) in [5.74, 6) is -4.56. The molecule has 0 bridgehead atoms. The van der Waals surface area contributed by atoms with Crippen LogP contribution in [0.1, 0.15) is 11.3 Å². The van der Waals surface area contributed by atoms with Crippen LogP contribution in [0.5, 0.6) is 0 Å². The predicted octanol–water partition coefficient (Wildman–Crippen LogP) is 0.799. The van der Waals surface area contributed by atoms with E-state index in [9.17, 15) is 44.5 Å². The number of carboxylic acids is 2. The Morgan fingerprint density at radius 3 is 2.57 bits per heavy atom. The molecule has 2 aliphatic rings. The zero-order chi connectivity index (χ0) is 30.7. The number of rotatable bonds is 11. The summed E-state index contributed by atoms with van der Waals surface area (Å²) in [6.45, 7) is -0.864. The summed E-state index contributed by atoms with van der Waals surface area (Å²) in [4.78, 5) is 79.2. The Morgan fingerprint density at radius 2 is 1.98 bits per heavy atom. The number of nitrogens with one attached hydrogen (secondary N) is 1. The van der Waals surface area contributed by atoms with Crippen LogP contribution in [0.15, 0.2) is 46.1 Å². The van der Waals surface area contributed by atoms with Crippen molar-refractivity contribution in [3.05, 3.63) is 72.4 Å². The second-order valence-corrected chi connectivity index (χ2v) is 10.3. The molecule has 20 heteroatoms. The number of oxime groups is 1. The molecule has 2 aromatic rings. The quantitative estimate of drug-likeness (QED) is 0.117. The molecule has 5 N–H and O–H groups in total. The van der Waals surface area contributed by atoms with Gasteiger partial charge < -0.3 is 26.1 Å². The van der Waals surface area contributed by atoms with Gasteiger partial charge in [-0.1, -0.05) is 11.2 Å². The number of non-ortho nitro benzene ring substituents is 1. The molecule has 1 saturated heterocycles. The van der Waals surface area contributed by atoms with Crippen molar-refractivity contribution in [2.75, 3.05) is 18.1 Å². The molecule has 0 saturated carbocycles. The van der Waals surface area contributed by atoms with Gasteiger partial charge >= 0.3 is 11.9 Å². The number of nitrogen functional groups attached to an aromatic ring is 1. The highest BCUT2D eigenvalue weighted by molar-refractivity contribution is 8.00. The Kier molecular flexibility index (Phi) is 8.47. The third kappa shape index (κ3) is 6.02. The van der Waals surface area contributed by atoms with Crippen LogP contribution in [0.2, 0.25) is 0 Å². The zero-order valence-corrected chi connectivity index (χ0v) is 22.4. The van der Waals surface area contributed by atoms with Crippen LogP contribution in [0, 0.1) is 20.2 Å². The lowest BCUT2D eigenvalue weighted by atomic mass is 10.0. The van der Waals surface area contributed by atoms with Crippen molar-refractivity contribution in [3.8, 4) is 0 Å². The number of nitrogens with zero attached hydrogens (tertiary/aromatic N) is 5. The molecule has 18 nitrogen and oxygen atoms in total. The number of nitro benzene ring substituents is 2. The summed E-state index contributed by atoms with van der Waals surface area (Å²) in [5.41, 5.74) is 3.69. The molecule has 1 fully saturated rings. The number of β-lactam (4-membered cyclic amide) rings is 1. The molecule has 2 unspecified atom stereocenters. The second-order valence-electron chi connectivity index (χ2n) is 8.31. The number of thiazole rings is 1. The maximum absolute atomic E-state index is 13.0. The van der Waals surface area contributed by atoms with Crippen LogP contribution >= 0.6 is 23.1 Å². The molecule has 0 aliphatic carbocycles. The number of hydrogen-bond donors (Lipinski definition) is 4. The Labute approximate surface area is 241 Å². The summed E-state index contributed by atoms with van der Waals surface area (Å²) < 4.78 is 0. The Hall–Kier alpha value is -5.37. The first-order chi connectivity index (χ1) is 19.9. The third-order valence-corrected chi connectivity index (χ3v) is 7.67. The summed E-state index contributed by atoms with van der Waals surface area (Å²) in [7, 11) is 0. The number of allylic oxidation sites excluding steroid dienone is 1. The molecule has 0 spiro atoms. The highest BCUT2D eigenvalue weighted by atomic mass is 32.2. The molecule has 1 aromatic heterocycles. The fourth-order valence-electron chi connectivity index (χ4n) is 3.87. The molecule has 2 atom stereocenters. The molecular weight excluding hydrogens is 602 g/mol. The Bertz CT molecular complexity index is 1620. The van der Waals surface area contributed by atoms with Gasteiger partial charge in [0.05, 0.1) is 21.5 Å². The highest BCUT2D eigenvalue weighted by Gasteiger charge is 2.54. The lowest BCUT2D eigenvalue weighted by molar-refractivity contribution is -0.394. The van der Waals surface area contributed by atoms with Gasteiger partial charge in [0.2, 0.25) is 6.61 Å². The SMILES string of the molecule is Nc1nc(/C(=N/OCC(=O)O)C(=O)NC2C(=O)N3C(C(=O)O)=C(/C=C\c4ccc([N+](=O)[O-])cc4[N+](=O)[O-])CSC23)cs1. The van der Waals surface area contributed by atoms with Gasteiger partial charge in [0.25, 0.3) is 23.2 Å². The van der Waals surface area contributed by atoms with Crippen LogP contribution in [-0.4, -0.2) is 83.2 Å². The molecular formula is C22H17N7O11S2. The monoisotopic (exact) mass is 619 g/mol. The molecule has 1 aromatic carbocycles. The van der Waals surface area contributed by atoms with Gasteiger partial charge in [-0.25, -0.2) is 14.6 Å². The van der Waals surface area contributed by atoms with Gasteiger partial charge in [-0.15, -0.1) is 23.1 Å². The van der Waals surface area contributed by atoms with E-state index in [2.05, 4.69) is 20.3 Å². The van der Waals surface area contributed by atoms with Crippen molar-refractivity contribution >= 4 is 75.1 Å². The van der Waals surface area contributed by atoms with Crippen molar-refractivity contribution in [1.82, 2.24) is 15.2 Å². The van der Waals surface area contributed by atoms with Crippen LogP contribution in [-0.2, 0) is 24.0 Å². The van der Waals surface area contributed by atoms with E-state index in [-0.39, 0.29) is 27.7 Å². The summed E-state index contributed by atoms with van der Waals surface area (Å²) in [5, 5.41) is 47.6. The van der Waals surface area contributed by atoms with E-state index >= 15 is 0 Å². The largest absolute Gasteiger partial charge is 0.479 e. The van der Waals surface area contributed by atoms with Crippen LogP contribution in [0.3, 0.4) is 0 Å². The van der Waals surface area contributed by atoms with Gasteiger partial charge in [-0.2, -0.15) is 0 Å². The predicted molar refractivity (Wildman–Crippen MR) is 145 cm³/mol. The van der Waals surface area contributed by atoms with E-state index in [1.165, 1.54) is 17.5 Å². The molecule has 2 amide bonds. The minimum Gasteiger partial charge on any atom is -0.479 e. The number of benzene rings is 1. The molecule has 42 heavy (non-hydrogen) atoms. The fraction of sp³-hybridized carbons (Fsp3) is 0.182. The number of carboxylic acid groups (broad SMARTS) is 2. The lowest BCUT2D eigenvalue weighted by Gasteiger charge is -2.49. The zero-order valence-electron chi connectivity index (χ0n) is 20.7. The van der Waals surface area contributed by atoms with E-state index in [0.29, 0.717) is 0 Å². The summed E-state index contributed by atoms with van der Waals surface area (Å²) in [6, 6.07) is 1.77. The van der Waals surface area contributed by atoms with Crippen molar-refractivity contribution in [2.45, 2.75) is 11.4 Å². The van der Waals surface area contributed by atoms with Crippen LogP contribution in [0.4, 0.5) is 16.5 Å². The van der Waals surface area contributed by atoms with E-state index in [1.807, 2.05) is 0 Å². The first-order valence-electron chi connectivity index (χ1n) is 11.3. The van der Waals surface area contributed by atoms with Gasteiger partial charge in [0, 0.05) is 17.2 Å². The maximum Gasteiger partial charge on any atom is 0.352 e. The average Bonchev–Trinajstić information content (AvgIpc) is 3.37. The van der Waals surface area contributed by atoms with E-state index in [0.717, 1.165) is 46.2 Å². The molecule has 218 valence electrons. The highest BCUT2D eigenvalue weighted by Crippen LogP contribution is 2.41. The van der Waals surface area contributed by atoms with Crippen LogP contribution < -0.4 is 11.1 Å². The first kappa shape index (κ1) is 29.6. The number of aliphatic carboxylic acids is 2. The van der Waals surface area contributed by atoms with Gasteiger partial charge in [0.15, 0.2) is 10.8 Å². The number of thioether (sulfide) groups is 1.